The fourth-order valence-corrected chi connectivity index (χ4v) is 2.89. The number of carbonyl (C=O) groups is 2. The van der Waals surface area contributed by atoms with E-state index < -0.39 is 12.0 Å². The number of rotatable bonds is 5. The molecule has 1 unspecified atom stereocenters. The van der Waals surface area contributed by atoms with Crippen molar-refractivity contribution in [2.24, 2.45) is 5.92 Å². The molecule has 0 heterocycles. The van der Waals surface area contributed by atoms with Crippen LogP contribution in [0.15, 0.2) is 24.3 Å². The van der Waals surface area contributed by atoms with Gasteiger partial charge < -0.3 is 15.2 Å². The Morgan fingerprint density at radius 1 is 1.19 bits per heavy atom. The zero-order chi connectivity index (χ0) is 15.2. The molecule has 1 amide bonds. The van der Waals surface area contributed by atoms with Gasteiger partial charge >= 0.3 is 0 Å². The first-order valence-electron chi connectivity index (χ1n) is 7.32. The molecule has 1 N–H and O–H groups in total. The van der Waals surface area contributed by atoms with Crippen LogP contribution in [0.2, 0.25) is 5.02 Å². The Balaban J connectivity index is 2.06. The first kappa shape index (κ1) is 15.8. The zero-order valence-electron chi connectivity index (χ0n) is 11.8. The predicted octanol–water partition coefficient (Wildman–Crippen LogP) is 2.22. The molecule has 1 aromatic rings. The van der Waals surface area contributed by atoms with Gasteiger partial charge in [0.1, 0.15) is 0 Å². The molecule has 1 aliphatic carbocycles. The van der Waals surface area contributed by atoms with E-state index in [2.05, 4.69) is 5.32 Å². The van der Waals surface area contributed by atoms with Crippen LogP contribution in [0.4, 0.5) is 0 Å². The highest BCUT2D eigenvalue weighted by Gasteiger charge is 2.24. The molecule has 1 atom stereocenters. The summed E-state index contributed by atoms with van der Waals surface area (Å²) >= 11 is 5.83. The van der Waals surface area contributed by atoms with Gasteiger partial charge in [0.25, 0.3) is 0 Å². The Bertz CT molecular complexity index is 495. The number of carboxylic acids is 1. The van der Waals surface area contributed by atoms with Crippen LogP contribution in [-0.2, 0) is 9.59 Å². The molecule has 1 fully saturated rings. The minimum absolute atomic E-state index is 0.00435. The lowest BCUT2D eigenvalue weighted by Gasteiger charge is -2.25. The van der Waals surface area contributed by atoms with E-state index in [1.807, 2.05) is 0 Å². The van der Waals surface area contributed by atoms with Crippen molar-refractivity contribution in [3.8, 4) is 0 Å². The van der Waals surface area contributed by atoms with E-state index in [-0.39, 0.29) is 18.2 Å². The maximum absolute atomic E-state index is 12.3. The van der Waals surface area contributed by atoms with Crippen molar-refractivity contribution in [1.29, 1.82) is 0 Å². The number of halogens is 1. The van der Waals surface area contributed by atoms with Crippen molar-refractivity contribution >= 4 is 23.5 Å². The summed E-state index contributed by atoms with van der Waals surface area (Å²) in [5.74, 6) is -1.25. The fraction of sp³-hybridized carbons (Fsp3) is 0.500. The van der Waals surface area contributed by atoms with Crippen LogP contribution in [0.25, 0.3) is 0 Å². The van der Waals surface area contributed by atoms with Gasteiger partial charge in [0.05, 0.1) is 6.04 Å². The molecule has 1 saturated carbocycles. The summed E-state index contributed by atoms with van der Waals surface area (Å²) < 4.78 is 0. The van der Waals surface area contributed by atoms with Crippen LogP contribution < -0.4 is 10.4 Å². The molecular weight excluding hydrogens is 290 g/mol. The molecule has 0 spiro atoms. The van der Waals surface area contributed by atoms with E-state index in [9.17, 15) is 14.7 Å². The molecule has 1 aliphatic rings. The van der Waals surface area contributed by atoms with Gasteiger partial charge in [-0.1, -0.05) is 43.0 Å². The highest BCUT2D eigenvalue weighted by molar-refractivity contribution is 6.30. The summed E-state index contributed by atoms with van der Waals surface area (Å²) in [6.45, 7) is 0. The zero-order valence-corrected chi connectivity index (χ0v) is 12.6. The monoisotopic (exact) mass is 308 g/mol. The third kappa shape index (κ3) is 4.74. The van der Waals surface area contributed by atoms with Gasteiger partial charge in [0.2, 0.25) is 5.91 Å². The summed E-state index contributed by atoms with van der Waals surface area (Å²) in [6, 6.07) is 6.27. The summed E-state index contributed by atoms with van der Waals surface area (Å²) in [4.78, 5) is 23.2. The van der Waals surface area contributed by atoms with Crippen molar-refractivity contribution < 1.29 is 14.7 Å². The second-order valence-electron chi connectivity index (χ2n) is 5.52. The van der Waals surface area contributed by atoms with Crippen molar-refractivity contribution in [1.82, 2.24) is 5.32 Å². The molecule has 1 aromatic carbocycles. The minimum atomic E-state index is -1.18. The lowest BCUT2D eigenvalue weighted by atomic mass is 9.88. The quantitative estimate of drug-likeness (QED) is 0.906. The Hall–Kier alpha value is -1.55. The van der Waals surface area contributed by atoms with Gasteiger partial charge in [-0.25, -0.2) is 0 Å². The Morgan fingerprint density at radius 2 is 1.81 bits per heavy atom. The highest BCUT2D eigenvalue weighted by atomic mass is 35.5. The molecular formula is C16H19ClNO3-. The standard InChI is InChI=1S/C16H20ClNO3/c17-13-8-6-11(7-9-13)14(10-15(19)20)18-16(21)12-4-2-1-3-5-12/h6-9,12,14H,1-5,10H2,(H,18,21)(H,19,20)/p-1. The Morgan fingerprint density at radius 3 is 2.38 bits per heavy atom. The maximum atomic E-state index is 12.3. The first-order valence-corrected chi connectivity index (χ1v) is 7.70. The molecule has 0 bridgehead atoms. The van der Waals surface area contributed by atoms with E-state index in [0.29, 0.717) is 5.02 Å². The highest BCUT2D eigenvalue weighted by Crippen LogP contribution is 2.26. The number of hydrogen-bond donors (Lipinski definition) is 1. The van der Waals surface area contributed by atoms with Crippen molar-refractivity contribution in [3.63, 3.8) is 0 Å². The molecule has 5 heteroatoms. The summed E-state index contributed by atoms with van der Waals surface area (Å²) in [5.41, 5.74) is 0.729. The fourth-order valence-electron chi connectivity index (χ4n) is 2.77. The molecule has 2 rings (SSSR count). The first-order chi connectivity index (χ1) is 10.1. The largest absolute Gasteiger partial charge is 0.550 e. The van der Waals surface area contributed by atoms with Crippen LogP contribution in [0.1, 0.15) is 50.1 Å². The lowest BCUT2D eigenvalue weighted by molar-refractivity contribution is -0.306. The number of nitrogens with one attached hydrogen (secondary N) is 1. The van der Waals surface area contributed by atoms with E-state index in [1.54, 1.807) is 24.3 Å². The molecule has 0 aliphatic heterocycles. The molecule has 114 valence electrons. The molecule has 0 aromatic heterocycles. The van der Waals surface area contributed by atoms with Gasteiger partial charge in [-0.3, -0.25) is 4.79 Å². The molecule has 0 radical (unpaired) electrons. The van der Waals surface area contributed by atoms with Crippen LogP contribution in [0.3, 0.4) is 0 Å². The lowest BCUT2D eigenvalue weighted by Crippen LogP contribution is -2.38. The van der Waals surface area contributed by atoms with Crippen LogP contribution >= 0.6 is 11.6 Å². The van der Waals surface area contributed by atoms with Gasteiger partial charge in [0.15, 0.2) is 0 Å². The van der Waals surface area contributed by atoms with Crippen LogP contribution in [-0.4, -0.2) is 11.9 Å². The van der Waals surface area contributed by atoms with Crippen molar-refractivity contribution in [2.45, 2.75) is 44.6 Å². The van der Waals surface area contributed by atoms with Crippen molar-refractivity contribution in [2.75, 3.05) is 0 Å². The topological polar surface area (TPSA) is 69.2 Å². The number of hydrogen-bond acceptors (Lipinski definition) is 3. The summed E-state index contributed by atoms with van der Waals surface area (Å²) in [5, 5.41) is 14.3. The van der Waals surface area contributed by atoms with E-state index in [0.717, 1.165) is 31.2 Å². The Labute approximate surface area is 129 Å². The van der Waals surface area contributed by atoms with Gasteiger partial charge in [-0.15, -0.1) is 0 Å². The summed E-state index contributed by atoms with van der Waals surface area (Å²) in [6.07, 6.45) is 4.81. The second-order valence-corrected chi connectivity index (χ2v) is 5.96. The predicted molar refractivity (Wildman–Crippen MR) is 78.5 cm³/mol. The normalized spacial score (nSPS) is 17.2. The van der Waals surface area contributed by atoms with Crippen molar-refractivity contribution in [3.05, 3.63) is 34.9 Å². The second kappa shape index (κ2) is 7.46. The molecule has 21 heavy (non-hydrogen) atoms. The number of aliphatic carboxylic acids is 1. The van der Waals surface area contributed by atoms with E-state index in [1.165, 1.54) is 6.42 Å². The van der Waals surface area contributed by atoms with Gasteiger partial charge in [-0.05, 0) is 30.5 Å². The van der Waals surface area contributed by atoms with Gasteiger partial charge in [0, 0.05) is 23.3 Å². The van der Waals surface area contributed by atoms with Crippen LogP contribution in [0.5, 0.6) is 0 Å². The third-order valence-corrected chi connectivity index (χ3v) is 4.19. The van der Waals surface area contributed by atoms with Crippen LogP contribution in [0, 0.1) is 5.92 Å². The number of amides is 1. The third-order valence-electron chi connectivity index (χ3n) is 3.94. The Kier molecular flexibility index (Phi) is 5.62. The number of benzene rings is 1. The van der Waals surface area contributed by atoms with E-state index in [4.69, 9.17) is 11.6 Å². The van der Waals surface area contributed by atoms with Gasteiger partial charge in [-0.2, -0.15) is 0 Å². The number of carbonyl (C=O) groups excluding carboxylic acids is 2. The molecule has 4 nitrogen and oxygen atoms in total. The SMILES string of the molecule is O=C([O-])CC(NC(=O)C1CCCCC1)c1ccc(Cl)cc1. The summed E-state index contributed by atoms with van der Waals surface area (Å²) in [7, 11) is 0. The minimum Gasteiger partial charge on any atom is -0.550 e. The van der Waals surface area contributed by atoms with E-state index >= 15 is 0 Å². The smallest absolute Gasteiger partial charge is 0.223 e. The average molecular weight is 309 g/mol. The average Bonchev–Trinajstić information content (AvgIpc) is 2.48. The maximum Gasteiger partial charge on any atom is 0.223 e. The molecule has 0 saturated heterocycles. The number of carboxylic acid groups (broad SMARTS) is 1.